The Balaban J connectivity index is 5.21. The minimum Gasteiger partial charge on any atom is -0.481 e. The molecule has 4 unspecified atom stereocenters. The van der Waals surface area contributed by atoms with Gasteiger partial charge in [0.15, 0.2) is 0 Å². The Hall–Kier alpha value is -2.38. The van der Waals surface area contributed by atoms with Gasteiger partial charge in [0.2, 0.25) is 17.7 Å². The average Bonchev–Trinajstić information content (AvgIpc) is 2.66. The lowest BCUT2D eigenvalue weighted by molar-refractivity contribution is -0.147. The maximum atomic E-state index is 12.6. The summed E-state index contributed by atoms with van der Waals surface area (Å²) < 4.78 is 0. The van der Waals surface area contributed by atoms with Gasteiger partial charge in [-0.2, -0.15) is 11.8 Å². The molecule has 0 heterocycles. The summed E-state index contributed by atoms with van der Waals surface area (Å²) >= 11 is 1.43. The van der Waals surface area contributed by atoms with Crippen LogP contribution in [-0.2, 0) is 24.0 Å². The molecule has 0 rings (SSSR count). The number of thioether (sulfide) groups is 1. The van der Waals surface area contributed by atoms with Crippen LogP contribution in [0.5, 0.6) is 0 Å². The van der Waals surface area contributed by atoms with Gasteiger partial charge >= 0.3 is 11.9 Å². The van der Waals surface area contributed by atoms with Gasteiger partial charge in [0.05, 0.1) is 19.1 Å². The van der Waals surface area contributed by atoms with Crippen molar-refractivity contribution in [3.63, 3.8) is 0 Å². The van der Waals surface area contributed by atoms with Crippen LogP contribution in [0.1, 0.15) is 26.7 Å². The summed E-state index contributed by atoms with van der Waals surface area (Å²) in [6.07, 6.45) is 1.14. The summed E-state index contributed by atoms with van der Waals surface area (Å²) in [7, 11) is 0. The number of carbonyl (C=O) groups excluding carboxylic acids is 3. The van der Waals surface area contributed by atoms with Crippen LogP contribution in [0.25, 0.3) is 0 Å². The van der Waals surface area contributed by atoms with Crippen LogP contribution < -0.4 is 21.7 Å². The summed E-state index contributed by atoms with van der Waals surface area (Å²) in [5, 5.41) is 33.9. The monoisotopic (exact) mass is 450 g/mol. The second-order valence-electron chi connectivity index (χ2n) is 6.85. The fraction of sp³-hybridized carbons (Fsp3) is 0.706. The predicted molar refractivity (Wildman–Crippen MR) is 109 cm³/mol. The maximum Gasteiger partial charge on any atom is 0.326 e. The molecule has 13 heteroatoms. The van der Waals surface area contributed by atoms with E-state index in [-0.39, 0.29) is 12.3 Å². The molecule has 0 fully saturated rings. The highest BCUT2D eigenvalue weighted by Gasteiger charge is 2.31. The fourth-order valence-corrected chi connectivity index (χ4v) is 2.66. The van der Waals surface area contributed by atoms with Crippen LogP contribution in [0.3, 0.4) is 0 Å². The number of hydrogen-bond donors (Lipinski definition) is 7. The van der Waals surface area contributed by atoms with Gasteiger partial charge in [-0.15, -0.1) is 0 Å². The van der Waals surface area contributed by atoms with Gasteiger partial charge in [-0.1, -0.05) is 13.8 Å². The summed E-state index contributed by atoms with van der Waals surface area (Å²) in [5.74, 6) is -5.10. The quantitative estimate of drug-likeness (QED) is 0.151. The van der Waals surface area contributed by atoms with Crippen LogP contribution in [0.15, 0.2) is 0 Å². The Morgan fingerprint density at radius 1 is 0.900 bits per heavy atom. The summed E-state index contributed by atoms with van der Waals surface area (Å²) in [5.41, 5.74) is 5.78. The molecule has 0 aromatic rings. The highest BCUT2D eigenvalue weighted by Crippen LogP contribution is 2.05. The number of aliphatic carboxylic acids is 2. The van der Waals surface area contributed by atoms with Crippen LogP contribution in [-0.4, -0.2) is 87.8 Å². The highest BCUT2D eigenvalue weighted by molar-refractivity contribution is 7.98. The Labute approximate surface area is 178 Å². The Morgan fingerprint density at radius 3 is 1.83 bits per heavy atom. The largest absolute Gasteiger partial charge is 0.481 e. The molecule has 12 nitrogen and oxygen atoms in total. The standard InChI is InChI=1S/C17H30N4O8S/c1-8(2)13(18)16(27)19-9(4-5-30-3)14(25)21-11(7-22)15(26)20-10(17(28)29)6-12(23)24/h8-11,13,22H,4-7,18H2,1-3H3,(H,19,27)(H,20,26)(H,21,25)(H,23,24)(H,28,29). The van der Waals surface area contributed by atoms with Gasteiger partial charge in [0, 0.05) is 0 Å². The summed E-state index contributed by atoms with van der Waals surface area (Å²) in [4.78, 5) is 58.8. The third-order valence-corrected chi connectivity index (χ3v) is 4.72. The van der Waals surface area contributed by atoms with Gasteiger partial charge in [-0.25, -0.2) is 4.79 Å². The fourth-order valence-electron chi connectivity index (χ4n) is 2.19. The van der Waals surface area contributed by atoms with Gasteiger partial charge in [0.1, 0.15) is 18.1 Å². The van der Waals surface area contributed by atoms with E-state index in [0.29, 0.717) is 5.75 Å². The van der Waals surface area contributed by atoms with E-state index < -0.39 is 66.9 Å². The molecule has 8 N–H and O–H groups in total. The van der Waals surface area contributed by atoms with Crippen LogP contribution in [0.4, 0.5) is 0 Å². The maximum absolute atomic E-state index is 12.6. The van der Waals surface area contributed by atoms with Gasteiger partial charge < -0.3 is 37.0 Å². The molecule has 0 saturated heterocycles. The molecule has 0 aromatic carbocycles. The first-order valence-corrected chi connectivity index (χ1v) is 10.5. The Bertz CT molecular complexity index is 631. The number of hydrogen-bond acceptors (Lipinski definition) is 8. The third-order valence-electron chi connectivity index (χ3n) is 4.07. The minimum absolute atomic E-state index is 0.174. The number of aliphatic hydroxyl groups excluding tert-OH is 1. The molecule has 0 spiro atoms. The SMILES string of the molecule is CSCCC(NC(=O)C(N)C(C)C)C(=O)NC(CO)C(=O)NC(CC(=O)O)C(=O)O. The molecule has 0 bridgehead atoms. The first-order chi connectivity index (χ1) is 13.9. The number of carbonyl (C=O) groups is 5. The topological polar surface area (TPSA) is 208 Å². The van der Waals surface area contributed by atoms with Crippen LogP contribution in [0.2, 0.25) is 0 Å². The average molecular weight is 451 g/mol. The molecular weight excluding hydrogens is 420 g/mol. The molecule has 0 aliphatic carbocycles. The van der Waals surface area contributed by atoms with Gasteiger partial charge in [-0.3, -0.25) is 19.2 Å². The van der Waals surface area contributed by atoms with Crippen molar-refractivity contribution in [2.45, 2.75) is 50.9 Å². The van der Waals surface area contributed by atoms with E-state index in [1.165, 1.54) is 11.8 Å². The van der Waals surface area contributed by atoms with E-state index in [2.05, 4.69) is 10.6 Å². The molecule has 0 aliphatic heterocycles. The van der Waals surface area contributed by atoms with E-state index in [0.717, 1.165) is 0 Å². The van der Waals surface area contributed by atoms with Crippen molar-refractivity contribution in [2.75, 3.05) is 18.6 Å². The molecule has 0 radical (unpaired) electrons. The zero-order valence-corrected chi connectivity index (χ0v) is 17.9. The highest BCUT2D eigenvalue weighted by atomic mass is 32.2. The number of amides is 3. The Kier molecular flexibility index (Phi) is 12.7. The molecular formula is C17H30N4O8S. The molecule has 0 aromatic heterocycles. The van der Waals surface area contributed by atoms with E-state index in [4.69, 9.17) is 15.9 Å². The lowest BCUT2D eigenvalue weighted by Crippen LogP contribution is -2.58. The van der Waals surface area contributed by atoms with E-state index in [1.54, 1.807) is 20.1 Å². The van der Waals surface area contributed by atoms with Gasteiger partial charge in [-0.05, 0) is 24.3 Å². The normalized spacial score (nSPS) is 14.9. The number of nitrogens with two attached hydrogens (primary N) is 1. The number of carboxylic acids is 2. The van der Waals surface area contributed by atoms with Crippen LogP contribution in [0, 0.1) is 5.92 Å². The molecule has 172 valence electrons. The lowest BCUT2D eigenvalue weighted by atomic mass is 10.0. The number of nitrogens with one attached hydrogen (secondary N) is 3. The second-order valence-corrected chi connectivity index (χ2v) is 7.84. The van der Waals surface area contributed by atoms with Crippen molar-refractivity contribution in [3.05, 3.63) is 0 Å². The third kappa shape index (κ3) is 9.89. The molecule has 30 heavy (non-hydrogen) atoms. The minimum atomic E-state index is -1.74. The first kappa shape index (κ1) is 27.6. The van der Waals surface area contributed by atoms with Crippen molar-refractivity contribution >= 4 is 41.4 Å². The first-order valence-electron chi connectivity index (χ1n) is 9.15. The Morgan fingerprint density at radius 2 is 1.40 bits per heavy atom. The molecule has 3 amide bonds. The predicted octanol–water partition coefficient (Wildman–Crippen LogP) is -2.27. The number of aliphatic hydroxyl groups is 1. The van der Waals surface area contributed by atoms with E-state index in [9.17, 15) is 29.1 Å². The van der Waals surface area contributed by atoms with E-state index >= 15 is 0 Å². The van der Waals surface area contributed by atoms with Crippen molar-refractivity contribution in [3.8, 4) is 0 Å². The second kappa shape index (κ2) is 13.8. The van der Waals surface area contributed by atoms with E-state index in [1.807, 2.05) is 5.32 Å². The smallest absolute Gasteiger partial charge is 0.326 e. The molecule has 0 aliphatic rings. The van der Waals surface area contributed by atoms with Crippen molar-refractivity contribution in [1.29, 1.82) is 0 Å². The van der Waals surface area contributed by atoms with Gasteiger partial charge in [0.25, 0.3) is 0 Å². The van der Waals surface area contributed by atoms with Crippen molar-refractivity contribution in [1.82, 2.24) is 16.0 Å². The zero-order valence-electron chi connectivity index (χ0n) is 17.1. The van der Waals surface area contributed by atoms with Crippen molar-refractivity contribution in [2.24, 2.45) is 11.7 Å². The lowest BCUT2D eigenvalue weighted by Gasteiger charge is -2.24. The summed E-state index contributed by atoms with van der Waals surface area (Å²) in [6.45, 7) is 2.61. The molecule has 0 saturated carbocycles. The van der Waals surface area contributed by atoms with Crippen LogP contribution >= 0.6 is 11.8 Å². The van der Waals surface area contributed by atoms with Crippen molar-refractivity contribution < 1.29 is 39.3 Å². The zero-order chi connectivity index (χ0) is 23.4. The number of rotatable bonds is 14. The molecule has 4 atom stereocenters. The number of carboxylic acid groups (broad SMARTS) is 2. The summed E-state index contributed by atoms with van der Waals surface area (Å²) in [6, 6.07) is -5.16.